The molecule has 0 bridgehead atoms. The Morgan fingerprint density at radius 3 is 2.88 bits per heavy atom. The topological polar surface area (TPSA) is 71.5 Å². The molecule has 1 fully saturated rings. The summed E-state index contributed by atoms with van der Waals surface area (Å²) in [7, 11) is 1.33. The molecule has 1 aromatic carbocycles. The quantitative estimate of drug-likeness (QED) is 0.803. The minimum absolute atomic E-state index is 0.153. The van der Waals surface area contributed by atoms with Gasteiger partial charge in [0.25, 0.3) is 0 Å². The smallest absolute Gasteiger partial charge is 0.337 e. The minimum Gasteiger partial charge on any atom is -0.465 e. The van der Waals surface area contributed by atoms with Gasteiger partial charge in [0, 0.05) is 11.1 Å². The zero-order valence-corrected chi connectivity index (χ0v) is 15.0. The lowest BCUT2D eigenvalue weighted by Crippen LogP contribution is -2.18. The molecule has 1 aliphatic heterocycles. The predicted molar refractivity (Wildman–Crippen MR) is 96.7 cm³/mol. The van der Waals surface area contributed by atoms with Gasteiger partial charge in [-0.25, -0.2) is 9.78 Å². The summed E-state index contributed by atoms with van der Waals surface area (Å²) in [6, 6.07) is 6.69. The van der Waals surface area contributed by atoms with E-state index in [9.17, 15) is 9.59 Å². The van der Waals surface area contributed by atoms with Crippen LogP contribution in [0.5, 0.6) is 0 Å². The van der Waals surface area contributed by atoms with Crippen LogP contribution in [0.25, 0.3) is 0 Å². The van der Waals surface area contributed by atoms with Crippen LogP contribution in [-0.4, -0.2) is 42.0 Å². The normalized spacial score (nSPS) is 14.4. The zero-order valence-electron chi connectivity index (χ0n) is 14.2. The zero-order chi connectivity index (χ0) is 17.6. The van der Waals surface area contributed by atoms with Gasteiger partial charge in [0.05, 0.1) is 31.3 Å². The maximum absolute atomic E-state index is 12.2. The molecule has 7 heteroatoms. The molecule has 1 aliphatic rings. The number of benzene rings is 1. The van der Waals surface area contributed by atoms with Crippen LogP contribution in [0.15, 0.2) is 29.6 Å². The number of rotatable bonds is 6. The fourth-order valence-electron chi connectivity index (χ4n) is 2.85. The van der Waals surface area contributed by atoms with Crippen molar-refractivity contribution in [2.24, 2.45) is 0 Å². The van der Waals surface area contributed by atoms with Crippen LogP contribution in [0.4, 0.5) is 5.69 Å². The molecule has 1 N–H and O–H groups in total. The Kier molecular flexibility index (Phi) is 5.78. The number of likely N-dealkylation sites (tertiary alicyclic amines) is 1. The van der Waals surface area contributed by atoms with Gasteiger partial charge in [0.1, 0.15) is 5.01 Å². The molecule has 0 saturated carbocycles. The summed E-state index contributed by atoms with van der Waals surface area (Å²) in [6.45, 7) is 3.13. The first-order chi connectivity index (χ1) is 12.1. The molecule has 0 aliphatic carbocycles. The number of thiazole rings is 1. The van der Waals surface area contributed by atoms with E-state index in [2.05, 4.69) is 19.9 Å². The molecule has 25 heavy (non-hydrogen) atoms. The number of carbonyl (C=O) groups excluding carboxylic acids is 2. The molecular weight excluding hydrogens is 338 g/mol. The van der Waals surface area contributed by atoms with E-state index in [-0.39, 0.29) is 12.3 Å². The second-order valence-corrected chi connectivity index (χ2v) is 6.96. The molecule has 6 nitrogen and oxygen atoms in total. The van der Waals surface area contributed by atoms with E-state index < -0.39 is 5.97 Å². The molecule has 1 saturated heterocycles. The Morgan fingerprint density at radius 2 is 2.12 bits per heavy atom. The molecule has 0 atom stereocenters. The van der Waals surface area contributed by atoms with Crippen molar-refractivity contribution in [2.75, 3.05) is 25.5 Å². The lowest BCUT2D eigenvalue weighted by molar-refractivity contribution is -0.115. The molecule has 132 valence electrons. The molecule has 2 aromatic rings. The van der Waals surface area contributed by atoms with Crippen LogP contribution in [0.3, 0.4) is 0 Å². The van der Waals surface area contributed by atoms with Crippen LogP contribution in [0, 0.1) is 0 Å². The summed E-state index contributed by atoms with van der Waals surface area (Å²) in [5, 5.41) is 5.79. The van der Waals surface area contributed by atoms with Crippen LogP contribution in [-0.2, 0) is 22.5 Å². The highest BCUT2D eigenvalue weighted by Gasteiger charge is 2.15. The summed E-state index contributed by atoms with van der Waals surface area (Å²) < 4.78 is 4.68. The van der Waals surface area contributed by atoms with Gasteiger partial charge in [-0.05, 0) is 44.1 Å². The molecule has 1 amide bonds. The Bertz CT molecular complexity index is 754. The number of anilines is 1. The average Bonchev–Trinajstić information content (AvgIpc) is 3.27. The minimum atomic E-state index is -0.429. The van der Waals surface area contributed by atoms with Crippen molar-refractivity contribution in [3.05, 3.63) is 45.9 Å². The third kappa shape index (κ3) is 4.87. The van der Waals surface area contributed by atoms with E-state index in [1.807, 2.05) is 5.38 Å². The summed E-state index contributed by atoms with van der Waals surface area (Å²) in [5.41, 5.74) is 1.75. The number of aromatic nitrogens is 1. The number of nitrogens with zero attached hydrogens (tertiary/aromatic N) is 2. The summed E-state index contributed by atoms with van der Waals surface area (Å²) in [6.07, 6.45) is 2.73. The van der Waals surface area contributed by atoms with Crippen molar-refractivity contribution >= 4 is 28.9 Å². The third-order valence-corrected chi connectivity index (χ3v) is 4.95. The number of hydrogen-bond donors (Lipinski definition) is 1. The lowest BCUT2D eigenvalue weighted by atomic mass is 10.2. The molecular formula is C18H21N3O3S. The first-order valence-corrected chi connectivity index (χ1v) is 9.16. The van der Waals surface area contributed by atoms with Crippen LogP contribution >= 0.6 is 11.3 Å². The number of hydrogen-bond acceptors (Lipinski definition) is 6. The van der Waals surface area contributed by atoms with Crippen molar-refractivity contribution in [3.63, 3.8) is 0 Å². The Labute approximate surface area is 150 Å². The van der Waals surface area contributed by atoms with E-state index >= 15 is 0 Å². The number of amides is 1. The molecule has 1 aromatic heterocycles. The second kappa shape index (κ2) is 8.22. The van der Waals surface area contributed by atoms with Gasteiger partial charge in [0.15, 0.2) is 0 Å². The van der Waals surface area contributed by atoms with E-state index in [1.54, 1.807) is 35.6 Å². The average molecular weight is 359 g/mol. The van der Waals surface area contributed by atoms with E-state index in [0.717, 1.165) is 30.3 Å². The summed E-state index contributed by atoms with van der Waals surface area (Å²) in [5.74, 6) is -0.581. The third-order valence-electron chi connectivity index (χ3n) is 4.07. The second-order valence-electron chi connectivity index (χ2n) is 6.01. The van der Waals surface area contributed by atoms with Crippen molar-refractivity contribution in [3.8, 4) is 0 Å². The van der Waals surface area contributed by atoms with Gasteiger partial charge in [0.2, 0.25) is 5.91 Å². The first-order valence-electron chi connectivity index (χ1n) is 8.28. The largest absolute Gasteiger partial charge is 0.465 e. The van der Waals surface area contributed by atoms with E-state index in [4.69, 9.17) is 0 Å². The maximum Gasteiger partial charge on any atom is 0.337 e. The highest BCUT2D eigenvalue weighted by molar-refractivity contribution is 7.09. The predicted octanol–water partition coefficient (Wildman–Crippen LogP) is 2.71. The molecule has 0 radical (unpaired) electrons. The van der Waals surface area contributed by atoms with Crippen LogP contribution < -0.4 is 5.32 Å². The molecule has 2 heterocycles. The van der Waals surface area contributed by atoms with Crippen molar-refractivity contribution < 1.29 is 14.3 Å². The Hall–Kier alpha value is -2.25. The number of carbonyl (C=O) groups is 2. The molecule has 3 rings (SSSR count). The van der Waals surface area contributed by atoms with Crippen molar-refractivity contribution in [1.29, 1.82) is 0 Å². The van der Waals surface area contributed by atoms with E-state index in [1.165, 1.54) is 20.0 Å². The van der Waals surface area contributed by atoms with Crippen molar-refractivity contribution in [1.82, 2.24) is 9.88 Å². The molecule has 0 spiro atoms. The van der Waals surface area contributed by atoms with Gasteiger partial charge in [-0.1, -0.05) is 6.07 Å². The maximum atomic E-state index is 12.2. The number of ether oxygens (including phenoxy) is 1. The van der Waals surface area contributed by atoms with Gasteiger partial charge >= 0.3 is 5.97 Å². The SMILES string of the molecule is COC(=O)c1cccc(NC(=O)Cc2csc(CN3CCCC3)n2)c1. The first kappa shape index (κ1) is 17.6. The van der Waals surface area contributed by atoms with Gasteiger partial charge in [-0.15, -0.1) is 11.3 Å². The highest BCUT2D eigenvalue weighted by Crippen LogP contribution is 2.17. The van der Waals surface area contributed by atoms with Crippen LogP contribution in [0.2, 0.25) is 0 Å². The number of methoxy groups -OCH3 is 1. The fraction of sp³-hybridized carbons (Fsp3) is 0.389. The van der Waals surface area contributed by atoms with Gasteiger partial charge in [-0.2, -0.15) is 0 Å². The highest BCUT2D eigenvalue weighted by atomic mass is 32.1. The Morgan fingerprint density at radius 1 is 1.32 bits per heavy atom. The standard InChI is InChI=1S/C18H21N3O3S/c1-24-18(23)13-5-4-6-14(9-13)19-16(22)10-15-12-25-17(20-15)11-21-7-2-3-8-21/h4-6,9,12H,2-3,7-8,10-11H2,1H3,(H,19,22). The van der Waals surface area contributed by atoms with Crippen molar-refractivity contribution in [2.45, 2.75) is 25.8 Å². The van der Waals surface area contributed by atoms with Crippen LogP contribution in [0.1, 0.15) is 33.9 Å². The summed E-state index contributed by atoms with van der Waals surface area (Å²) >= 11 is 1.60. The lowest BCUT2D eigenvalue weighted by Gasteiger charge is -2.11. The van der Waals surface area contributed by atoms with Gasteiger partial charge < -0.3 is 10.1 Å². The number of nitrogens with one attached hydrogen (secondary N) is 1. The van der Waals surface area contributed by atoms with E-state index in [0.29, 0.717) is 11.3 Å². The number of esters is 1. The molecule has 0 unspecified atom stereocenters. The fourth-order valence-corrected chi connectivity index (χ4v) is 3.68. The van der Waals surface area contributed by atoms with Gasteiger partial charge in [-0.3, -0.25) is 9.69 Å². The Balaban J connectivity index is 1.55. The summed E-state index contributed by atoms with van der Waals surface area (Å²) in [4.78, 5) is 30.7. The monoisotopic (exact) mass is 359 g/mol.